The number of hydrogen-bond donors (Lipinski definition) is 0. The van der Waals surface area contributed by atoms with Crippen molar-refractivity contribution in [3.05, 3.63) is 22.6 Å². The SMILES string of the molecule is COc1cc2c(cc1SC)=CCCC=2. The lowest BCUT2D eigenvalue weighted by atomic mass is 10.1. The number of methoxy groups -OCH3 is 1. The van der Waals surface area contributed by atoms with E-state index in [1.54, 1.807) is 18.9 Å². The molecule has 1 aromatic rings. The highest BCUT2D eigenvalue weighted by Gasteiger charge is 2.03. The summed E-state index contributed by atoms with van der Waals surface area (Å²) in [6, 6.07) is 4.35. The minimum atomic E-state index is 0.989. The summed E-state index contributed by atoms with van der Waals surface area (Å²) in [5.74, 6) is 0.989. The Kier molecular flexibility index (Phi) is 2.82. The van der Waals surface area contributed by atoms with Crippen molar-refractivity contribution in [1.82, 2.24) is 0 Å². The van der Waals surface area contributed by atoms with Crippen LogP contribution in [0.2, 0.25) is 0 Å². The third-order valence-electron chi connectivity index (χ3n) is 2.48. The molecule has 2 rings (SSSR count). The minimum Gasteiger partial charge on any atom is -0.496 e. The number of thioether (sulfide) groups is 1. The van der Waals surface area contributed by atoms with Gasteiger partial charge in [-0.3, -0.25) is 0 Å². The van der Waals surface area contributed by atoms with Crippen molar-refractivity contribution in [3.63, 3.8) is 0 Å². The summed E-state index contributed by atoms with van der Waals surface area (Å²) in [5.41, 5.74) is 0. The van der Waals surface area contributed by atoms with Gasteiger partial charge < -0.3 is 4.74 Å². The van der Waals surface area contributed by atoms with Crippen LogP contribution in [0.3, 0.4) is 0 Å². The molecule has 0 saturated carbocycles. The van der Waals surface area contributed by atoms with Crippen LogP contribution in [0.25, 0.3) is 12.2 Å². The lowest BCUT2D eigenvalue weighted by Gasteiger charge is -2.08. The molecule has 0 atom stereocenters. The van der Waals surface area contributed by atoms with Crippen LogP contribution in [-0.4, -0.2) is 13.4 Å². The molecule has 0 aliphatic heterocycles. The van der Waals surface area contributed by atoms with E-state index in [2.05, 4.69) is 30.5 Å². The second-order valence-electron chi connectivity index (χ2n) is 3.32. The van der Waals surface area contributed by atoms with Crippen LogP contribution in [0.15, 0.2) is 17.0 Å². The monoisotopic (exact) mass is 206 g/mol. The summed E-state index contributed by atoms with van der Waals surface area (Å²) in [6.45, 7) is 0. The first-order chi connectivity index (χ1) is 6.85. The number of benzene rings is 1. The van der Waals surface area contributed by atoms with Crippen molar-refractivity contribution in [2.75, 3.05) is 13.4 Å². The third kappa shape index (κ3) is 1.67. The molecule has 0 bridgehead atoms. The average molecular weight is 206 g/mol. The van der Waals surface area contributed by atoms with Crippen molar-refractivity contribution in [3.8, 4) is 5.75 Å². The lowest BCUT2D eigenvalue weighted by Crippen LogP contribution is -2.26. The number of ether oxygens (including phenoxy) is 1. The summed E-state index contributed by atoms with van der Waals surface area (Å²) in [6.07, 6.45) is 8.97. The van der Waals surface area contributed by atoms with Crippen molar-refractivity contribution in [2.45, 2.75) is 17.7 Å². The normalized spacial score (nSPS) is 13.9. The Bertz CT molecular complexity index is 405. The molecule has 1 aromatic carbocycles. The molecule has 0 radical (unpaired) electrons. The van der Waals surface area contributed by atoms with Gasteiger partial charge in [-0.05, 0) is 41.7 Å². The van der Waals surface area contributed by atoms with Crippen LogP contribution in [0.4, 0.5) is 0 Å². The summed E-state index contributed by atoms with van der Waals surface area (Å²) < 4.78 is 5.35. The van der Waals surface area contributed by atoms with E-state index in [-0.39, 0.29) is 0 Å². The van der Waals surface area contributed by atoms with Gasteiger partial charge in [-0.15, -0.1) is 11.8 Å². The molecule has 0 aromatic heterocycles. The van der Waals surface area contributed by atoms with E-state index in [0.717, 1.165) is 18.6 Å². The van der Waals surface area contributed by atoms with Crippen molar-refractivity contribution < 1.29 is 4.74 Å². The Hall–Kier alpha value is -0.890. The van der Waals surface area contributed by atoms with Gasteiger partial charge >= 0.3 is 0 Å². The Morgan fingerprint density at radius 1 is 1.14 bits per heavy atom. The predicted molar refractivity (Wildman–Crippen MR) is 62.2 cm³/mol. The fourth-order valence-electron chi connectivity index (χ4n) is 1.74. The van der Waals surface area contributed by atoms with Crippen molar-refractivity contribution in [2.24, 2.45) is 0 Å². The molecule has 14 heavy (non-hydrogen) atoms. The van der Waals surface area contributed by atoms with E-state index in [1.807, 2.05) is 0 Å². The molecule has 0 saturated heterocycles. The van der Waals surface area contributed by atoms with Gasteiger partial charge in [-0.2, -0.15) is 0 Å². The molecule has 0 N–H and O–H groups in total. The second-order valence-corrected chi connectivity index (χ2v) is 4.17. The zero-order chi connectivity index (χ0) is 9.97. The zero-order valence-corrected chi connectivity index (χ0v) is 9.36. The molecular formula is C12H14OS. The molecule has 2 heteroatoms. The van der Waals surface area contributed by atoms with Gasteiger partial charge in [0, 0.05) is 4.90 Å². The average Bonchev–Trinajstić information content (AvgIpc) is 2.27. The quantitative estimate of drug-likeness (QED) is 0.682. The Labute approximate surface area is 88.5 Å². The highest BCUT2D eigenvalue weighted by Crippen LogP contribution is 2.23. The molecule has 74 valence electrons. The van der Waals surface area contributed by atoms with E-state index < -0.39 is 0 Å². The van der Waals surface area contributed by atoms with Crippen molar-refractivity contribution >= 4 is 23.9 Å². The van der Waals surface area contributed by atoms with E-state index in [9.17, 15) is 0 Å². The van der Waals surface area contributed by atoms with Crippen molar-refractivity contribution in [1.29, 1.82) is 0 Å². The van der Waals surface area contributed by atoms with Gasteiger partial charge in [-0.1, -0.05) is 12.2 Å². The first-order valence-corrected chi connectivity index (χ1v) is 6.00. The predicted octanol–water partition coefficient (Wildman–Crippen LogP) is 1.77. The molecule has 1 aliphatic carbocycles. The summed E-state index contributed by atoms with van der Waals surface area (Å²) >= 11 is 1.73. The van der Waals surface area contributed by atoms with E-state index >= 15 is 0 Å². The largest absolute Gasteiger partial charge is 0.496 e. The number of hydrogen-bond acceptors (Lipinski definition) is 2. The van der Waals surface area contributed by atoms with Gasteiger partial charge in [0.2, 0.25) is 0 Å². The lowest BCUT2D eigenvalue weighted by molar-refractivity contribution is 0.404. The van der Waals surface area contributed by atoms with Crippen LogP contribution in [0.1, 0.15) is 12.8 Å². The maximum Gasteiger partial charge on any atom is 0.133 e. The summed E-state index contributed by atoms with van der Waals surface area (Å²) in [5, 5.41) is 2.66. The molecule has 1 aliphatic rings. The van der Waals surface area contributed by atoms with Gasteiger partial charge in [0.25, 0.3) is 0 Å². The standard InChI is InChI=1S/C12H14OS/c1-13-11-7-9-5-3-4-6-10(9)8-12(11)14-2/h5-8H,3-4H2,1-2H3. The van der Waals surface area contributed by atoms with Gasteiger partial charge in [0.15, 0.2) is 0 Å². The van der Waals surface area contributed by atoms with E-state index in [4.69, 9.17) is 4.74 Å². The molecule has 0 unspecified atom stereocenters. The third-order valence-corrected chi connectivity index (χ3v) is 3.24. The molecule has 0 amide bonds. The fraction of sp³-hybridized carbons (Fsp3) is 0.333. The highest BCUT2D eigenvalue weighted by atomic mass is 32.2. The number of rotatable bonds is 2. The maximum absolute atomic E-state index is 5.35. The van der Waals surface area contributed by atoms with Gasteiger partial charge in [-0.25, -0.2) is 0 Å². The Morgan fingerprint density at radius 3 is 2.36 bits per heavy atom. The molecular weight excluding hydrogens is 192 g/mol. The van der Waals surface area contributed by atoms with Crippen LogP contribution in [-0.2, 0) is 0 Å². The van der Waals surface area contributed by atoms with Crippen LogP contribution >= 0.6 is 11.8 Å². The smallest absolute Gasteiger partial charge is 0.133 e. The van der Waals surface area contributed by atoms with Gasteiger partial charge in [0.05, 0.1) is 7.11 Å². The first-order valence-electron chi connectivity index (χ1n) is 4.77. The number of fused-ring (bicyclic) bond motifs is 1. The van der Waals surface area contributed by atoms with Gasteiger partial charge in [0.1, 0.15) is 5.75 Å². The molecule has 0 heterocycles. The Morgan fingerprint density at radius 2 is 1.79 bits per heavy atom. The highest BCUT2D eigenvalue weighted by molar-refractivity contribution is 7.98. The molecule has 0 fully saturated rings. The summed E-state index contributed by atoms with van der Waals surface area (Å²) in [7, 11) is 1.73. The van der Waals surface area contributed by atoms with E-state index in [1.165, 1.54) is 15.3 Å². The first kappa shape index (κ1) is 9.66. The van der Waals surface area contributed by atoms with Crippen LogP contribution in [0, 0.1) is 0 Å². The Balaban J connectivity index is 2.68. The van der Waals surface area contributed by atoms with E-state index in [0.29, 0.717) is 0 Å². The second kappa shape index (κ2) is 4.09. The van der Waals surface area contributed by atoms with Crippen LogP contribution in [0.5, 0.6) is 5.75 Å². The summed E-state index contributed by atoms with van der Waals surface area (Å²) in [4.78, 5) is 1.22. The fourth-order valence-corrected chi connectivity index (χ4v) is 2.33. The molecule has 0 spiro atoms. The minimum absolute atomic E-state index is 0.989. The maximum atomic E-state index is 5.35. The topological polar surface area (TPSA) is 9.23 Å². The molecule has 1 nitrogen and oxygen atoms in total. The van der Waals surface area contributed by atoms with Crippen LogP contribution < -0.4 is 15.2 Å². The zero-order valence-electron chi connectivity index (χ0n) is 8.54.